The van der Waals surface area contributed by atoms with E-state index in [1.54, 1.807) is 6.08 Å². The van der Waals surface area contributed by atoms with Crippen molar-refractivity contribution in [2.45, 2.75) is 0 Å². The topological polar surface area (TPSA) is 29.4 Å². The van der Waals surface area contributed by atoms with Gasteiger partial charge in [0.1, 0.15) is 0 Å². The molecule has 3 rings (SSSR count). The van der Waals surface area contributed by atoms with Gasteiger partial charge in [0.25, 0.3) is 0 Å². The number of benzene rings is 3. The lowest BCUT2D eigenvalue weighted by Crippen LogP contribution is -1.76. The van der Waals surface area contributed by atoms with E-state index in [1.165, 1.54) is 5.39 Å². The van der Waals surface area contributed by atoms with Crippen molar-refractivity contribution in [3.8, 4) is 0 Å². The lowest BCUT2D eigenvalue weighted by Gasteiger charge is -2.03. The van der Waals surface area contributed by atoms with Crippen LogP contribution in [0.3, 0.4) is 0 Å². The van der Waals surface area contributed by atoms with Gasteiger partial charge >= 0.3 is 0 Å². The van der Waals surface area contributed by atoms with Crippen molar-refractivity contribution in [1.82, 2.24) is 0 Å². The summed E-state index contributed by atoms with van der Waals surface area (Å²) in [5.74, 6) is 0. The molecule has 0 N–H and O–H groups in total. The van der Waals surface area contributed by atoms with Crippen molar-refractivity contribution in [2.24, 2.45) is 4.99 Å². The molecule has 3 aromatic rings. The predicted molar refractivity (Wildman–Crippen MR) is 69.2 cm³/mol. The Morgan fingerprint density at radius 3 is 2.29 bits per heavy atom. The van der Waals surface area contributed by atoms with Crippen LogP contribution >= 0.6 is 0 Å². The molecule has 0 amide bonds. The second kappa shape index (κ2) is 3.85. The fourth-order valence-electron chi connectivity index (χ4n) is 2.10. The number of hydrogen-bond donors (Lipinski definition) is 0. The fraction of sp³-hybridized carbons (Fsp3) is 0. The number of aliphatic imine (C=N–C) groups is 1. The van der Waals surface area contributed by atoms with E-state index in [0.717, 1.165) is 16.2 Å². The average Bonchev–Trinajstić information content (AvgIpc) is 2.37. The maximum absolute atomic E-state index is 10.4. The molecule has 0 heterocycles. The summed E-state index contributed by atoms with van der Waals surface area (Å²) in [6.07, 6.45) is 1.60. The Morgan fingerprint density at radius 2 is 1.53 bits per heavy atom. The molecule has 0 saturated carbocycles. The van der Waals surface area contributed by atoms with Crippen LogP contribution in [-0.2, 0) is 4.79 Å². The highest BCUT2D eigenvalue weighted by atomic mass is 16.1. The number of fused-ring (bicyclic) bond motifs is 2. The van der Waals surface area contributed by atoms with Gasteiger partial charge in [0.15, 0.2) is 0 Å². The van der Waals surface area contributed by atoms with Crippen molar-refractivity contribution in [3.05, 3.63) is 54.6 Å². The van der Waals surface area contributed by atoms with E-state index in [-0.39, 0.29) is 0 Å². The highest BCUT2D eigenvalue weighted by molar-refractivity contribution is 6.03. The zero-order valence-corrected chi connectivity index (χ0v) is 9.05. The van der Waals surface area contributed by atoms with E-state index in [1.807, 2.05) is 30.3 Å². The maximum Gasteiger partial charge on any atom is 0.240 e. The molecule has 0 spiro atoms. The first kappa shape index (κ1) is 9.76. The molecule has 0 saturated heterocycles. The number of carbonyl (C=O) groups excluding carboxylic acids is 1. The Morgan fingerprint density at radius 1 is 0.824 bits per heavy atom. The Hall–Kier alpha value is -2.44. The summed E-state index contributed by atoms with van der Waals surface area (Å²) in [7, 11) is 0. The van der Waals surface area contributed by atoms with Crippen LogP contribution in [0, 0.1) is 0 Å². The summed E-state index contributed by atoms with van der Waals surface area (Å²) >= 11 is 0. The van der Waals surface area contributed by atoms with Gasteiger partial charge in [-0.25, -0.2) is 4.79 Å². The van der Waals surface area contributed by atoms with Gasteiger partial charge in [-0.1, -0.05) is 36.4 Å². The van der Waals surface area contributed by atoms with E-state index in [9.17, 15) is 4.79 Å². The quantitative estimate of drug-likeness (QED) is 0.346. The Kier molecular flexibility index (Phi) is 2.21. The zero-order valence-electron chi connectivity index (χ0n) is 9.05. The minimum absolute atomic E-state index is 0.670. The lowest BCUT2D eigenvalue weighted by molar-refractivity contribution is 0.565. The summed E-state index contributed by atoms with van der Waals surface area (Å²) < 4.78 is 0. The summed E-state index contributed by atoms with van der Waals surface area (Å²) in [5, 5.41) is 4.40. The first-order valence-corrected chi connectivity index (χ1v) is 5.38. The van der Waals surface area contributed by atoms with Gasteiger partial charge in [-0.15, -0.1) is 0 Å². The van der Waals surface area contributed by atoms with Crippen molar-refractivity contribution in [3.63, 3.8) is 0 Å². The van der Waals surface area contributed by atoms with Crippen LogP contribution in [0.1, 0.15) is 0 Å². The van der Waals surface area contributed by atoms with E-state index in [0.29, 0.717) is 5.69 Å². The molecule has 2 nitrogen and oxygen atoms in total. The van der Waals surface area contributed by atoms with Crippen LogP contribution in [0.2, 0.25) is 0 Å². The fourth-order valence-corrected chi connectivity index (χ4v) is 2.10. The van der Waals surface area contributed by atoms with Crippen LogP contribution in [0.4, 0.5) is 5.69 Å². The Labute approximate surface area is 98.2 Å². The zero-order chi connectivity index (χ0) is 11.7. The van der Waals surface area contributed by atoms with Gasteiger partial charge in [-0.05, 0) is 34.4 Å². The third-order valence-electron chi connectivity index (χ3n) is 2.89. The molecule has 0 aliphatic carbocycles. The average molecular weight is 219 g/mol. The molecule has 0 aromatic heterocycles. The third kappa shape index (κ3) is 1.61. The van der Waals surface area contributed by atoms with Crippen LogP contribution in [0.15, 0.2) is 59.6 Å². The first-order valence-electron chi connectivity index (χ1n) is 5.38. The molecule has 80 valence electrons. The van der Waals surface area contributed by atoms with E-state index < -0.39 is 0 Å². The van der Waals surface area contributed by atoms with Gasteiger partial charge in [-0.2, -0.15) is 4.99 Å². The summed E-state index contributed by atoms with van der Waals surface area (Å²) in [6, 6.07) is 18.0. The van der Waals surface area contributed by atoms with Crippen molar-refractivity contribution in [2.75, 3.05) is 0 Å². The first-order chi connectivity index (χ1) is 8.38. The van der Waals surface area contributed by atoms with Crippen LogP contribution in [0.5, 0.6) is 0 Å². The summed E-state index contributed by atoms with van der Waals surface area (Å²) in [5.41, 5.74) is 0.670. The molecule has 3 aromatic carbocycles. The van der Waals surface area contributed by atoms with Crippen molar-refractivity contribution < 1.29 is 4.79 Å². The summed E-state index contributed by atoms with van der Waals surface area (Å²) in [4.78, 5) is 14.1. The second-order valence-corrected chi connectivity index (χ2v) is 3.90. The maximum atomic E-state index is 10.4. The monoisotopic (exact) mass is 219 g/mol. The molecular weight excluding hydrogens is 210 g/mol. The molecule has 0 unspecified atom stereocenters. The van der Waals surface area contributed by atoms with E-state index in [2.05, 4.69) is 29.3 Å². The minimum atomic E-state index is 0.670. The highest BCUT2D eigenvalue weighted by Crippen LogP contribution is 2.29. The normalized spacial score (nSPS) is 10.4. The van der Waals surface area contributed by atoms with Gasteiger partial charge in [0.05, 0.1) is 5.69 Å². The van der Waals surface area contributed by atoms with Gasteiger partial charge in [0.2, 0.25) is 6.08 Å². The minimum Gasteiger partial charge on any atom is -0.211 e. The molecule has 0 fully saturated rings. The Bertz CT molecular complexity index is 755. The third-order valence-corrected chi connectivity index (χ3v) is 2.89. The summed E-state index contributed by atoms with van der Waals surface area (Å²) in [6.45, 7) is 0. The SMILES string of the molecule is O=C=Nc1cccc2cc3ccccc3cc12. The molecule has 0 atom stereocenters. The van der Waals surface area contributed by atoms with Gasteiger partial charge in [-0.3, -0.25) is 0 Å². The standard InChI is InChI=1S/C15H9NO/c17-10-16-15-7-3-6-13-8-11-4-1-2-5-12(11)9-14(13)15/h1-9H. The van der Waals surface area contributed by atoms with E-state index in [4.69, 9.17) is 0 Å². The van der Waals surface area contributed by atoms with Crippen molar-refractivity contribution >= 4 is 33.3 Å². The number of isocyanates is 1. The number of rotatable bonds is 1. The largest absolute Gasteiger partial charge is 0.240 e. The molecule has 2 heteroatoms. The molecule has 0 bridgehead atoms. The van der Waals surface area contributed by atoms with Crippen LogP contribution < -0.4 is 0 Å². The number of nitrogens with zero attached hydrogens (tertiary/aromatic N) is 1. The lowest BCUT2D eigenvalue weighted by atomic mass is 10.0. The van der Waals surface area contributed by atoms with Gasteiger partial charge in [0, 0.05) is 5.39 Å². The molecule has 17 heavy (non-hydrogen) atoms. The molecule has 0 aliphatic rings. The number of hydrogen-bond acceptors (Lipinski definition) is 2. The second-order valence-electron chi connectivity index (χ2n) is 3.90. The van der Waals surface area contributed by atoms with Crippen LogP contribution in [-0.4, -0.2) is 6.08 Å². The highest BCUT2D eigenvalue weighted by Gasteiger charge is 2.01. The molecule has 0 radical (unpaired) electrons. The Balaban J connectivity index is 2.47. The van der Waals surface area contributed by atoms with Crippen molar-refractivity contribution in [1.29, 1.82) is 0 Å². The molecule has 0 aliphatic heterocycles. The van der Waals surface area contributed by atoms with Crippen LogP contribution in [0.25, 0.3) is 21.5 Å². The van der Waals surface area contributed by atoms with Gasteiger partial charge < -0.3 is 0 Å². The van der Waals surface area contributed by atoms with E-state index >= 15 is 0 Å². The smallest absolute Gasteiger partial charge is 0.211 e. The molecular formula is C15H9NO. The predicted octanol–water partition coefficient (Wildman–Crippen LogP) is 3.96.